The van der Waals surface area contributed by atoms with E-state index in [1.54, 1.807) is 12.1 Å². The summed E-state index contributed by atoms with van der Waals surface area (Å²) in [6.45, 7) is 0.346. The van der Waals surface area contributed by atoms with Crippen molar-refractivity contribution in [3.63, 3.8) is 0 Å². The summed E-state index contributed by atoms with van der Waals surface area (Å²) in [5.41, 5.74) is 7.02. The van der Waals surface area contributed by atoms with Crippen molar-refractivity contribution in [3.8, 4) is 5.75 Å². The normalized spacial score (nSPS) is 12.6. The number of rotatable bonds is 4. The number of nitrogens with two attached hydrogens (primary N) is 1. The van der Waals surface area contributed by atoms with Crippen LogP contribution < -0.4 is 15.8 Å². The van der Waals surface area contributed by atoms with Crippen LogP contribution in [0.1, 0.15) is 11.7 Å². The van der Waals surface area contributed by atoms with Crippen LogP contribution >= 0.6 is 18.9 Å². The molecule has 3 N–H and O–H groups in total. The van der Waals surface area contributed by atoms with Crippen LogP contribution in [0.2, 0.25) is 0 Å². The van der Waals surface area contributed by atoms with E-state index in [-0.39, 0.29) is 11.7 Å². The second-order valence-corrected chi connectivity index (χ2v) is 4.25. The van der Waals surface area contributed by atoms with Crippen molar-refractivity contribution >= 4 is 29.8 Å². The lowest BCUT2D eigenvalue weighted by atomic mass is 10.0. The molecule has 0 saturated heterocycles. The summed E-state index contributed by atoms with van der Waals surface area (Å²) < 4.78 is 10.4. The van der Waals surface area contributed by atoms with Crippen molar-refractivity contribution in [2.75, 3.05) is 6.54 Å². The first-order chi connectivity index (χ1) is 8.71. The second-order valence-electron chi connectivity index (χ2n) is 3.74. The van der Waals surface area contributed by atoms with Crippen LogP contribution in [0, 0.1) is 0 Å². The van der Waals surface area contributed by atoms with Crippen molar-refractivity contribution < 1.29 is 9.05 Å². The molecule has 0 aliphatic rings. The van der Waals surface area contributed by atoms with E-state index in [0.717, 1.165) is 10.9 Å². The molecule has 0 bridgehead atoms. The van der Waals surface area contributed by atoms with Gasteiger partial charge < -0.3 is 19.8 Å². The van der Waals surface area contributed by atoms with Gasteiger partial charge in [-0.15, -0.1) is 0 Å². The third-order valence-electron chi connectivity index (χ3n) is 2.74. The molecule has 0 radical (unpaired) electrons. The van der Waals surface area contributed by atoms with Crippen LogP contribution in [0.25, 0.3) is 10.9 Å². The highest BCUT2D eigenvalue weighted by Gasteiger charge is 2.14. The molecule has 2 rings (SSSR count). The van der Waals surface area contributed by atoms with Crippen LogP contribution in [0.4, 0.5) is 0 Å². The van der Waals surface area contributed by atoms with Crippen LogP contribution in [0.5, 0.6) is 5.75 Å². The fourth-order valence-electron chi connectivity index (χ4n) is 1.88. The van der Waals surface area contributed by atoms with Gasteiger partial charge in [-0.25, -0.2) is 0 Å². The molecule has 96 valence electrons. The van der Waals surface area contributed by atoms with Gasteiger partial charge in [0.25, 0.3) is 0 Å². The molecular weight excluding hydrogens is 270 g/mol. The van der Waals surface area contributed by atoms with Gasteiger partial charge in [0.15, 0.2) is 0 Å². The standard InChI is InChI=1S/C11H14N2O3P2/c12-5-9(16-18)6-1-3-8(15-17)11-7(6)2-4-10(14)13-11/h1-4,9H,5,12,17-18H2,(H,13,14)/t9-/m0/s1. The lowest BCUT2D eigenvalue weighted by molar-refractivity contribution is 0.257. The van der Waals surface area contributed by atoms with Gasteiger partial charge in [0, 0.05) is 27.5 Å². The summed E-state index contributed by atoms with van der Waals surface area (Å²) in [5.74, 6) is 0.580. The van der Waals surface area contributed by atoms with Crippen molar-refractivity contribution in [1.82, 2.24) is 4.98 Å². The Balaban J connectivity index is 2.74. The number of nitrogens with one attached hydrogen (secondary N) is 1. The number of aromatic amines is 1. The Bertz CT molecular complexity index is 611. The summed E-state index contributed by atoms with van der Waals surface area (Å²) in [4.78, 5) is 14.1. The maximum atomic E-state index is 11.4. The molecule has 0 saturated carbocycles. The lowest BCUT2D eigenvalue weighted by Gasteiger charge is -2.16. The molecule has 3 atom stereocenters. The van der Waals surface area contributed by atoms with Crippen LogP contribution in [-0.2, 0) is 4.52 Å². The molecule has 0 amide bonds. The van der Waals surface area contributed by atoms with Crippen LogP contribution in [0.3, 0.4) is 0 Å². The highest BCUT2D eigenvalue weighted by Crippen LogP contribution is 2.32. The Morgan fingerprint density at radius 2 is 2.06 bits per heavy atom. The summed E-state index contributed by atoms with van der Waals surface area (Å²) >= 11 is 0. The minimum Gasteiger partial charge on any atom is -0.478 e. The number of H-pyrrole nitrogens is 1. The van der Waals surface area contributed by atoms with Gasteiger partial charge in [-0.3, -0.25) is 4.79 Å². The molecule has 0 fully saturated rings. The Kier molecular flexibility index (Phi) is 4.31. The third-order valence-corrected chi connectivity index (χ3v) is 3.33. The molecule has 7 heteroatoms. The zero-order chi connectivity index (χ0) is 13.1. The number of aromatic nitrogens is 1. The Morgan fingerprint density at radius 3 is 2.67 bits per heavy atom. The maximum absolute atomic E-state index is 11.4. The Hall–Kier alpha value is -0.990. The summed E-state index contributed by atoms with van der Waals surface area (Å²) in [5, 5.41) is 0.854. The highest BCUT2D eigenvalue weighted by molar-refractivity contribution is 7.10. The Morgan fingerprint density at radius 1 is 1.28 bits per heavy atom. The fourth-order valence-corrected chi connectivity index (χ4v) is 2.34. The van der Waals surface area contributed by atoms with Gasteiger partial charge >= 0.3 is 0 Å². The predicted molar refractivity (Wildman–Crippen MR) is 77.5 cm³/mol. The maximum Gasteiger partial charge on any atom is 0.248 e. The van der Waals surface area contributed by atoms with E-state index < -0.39 is 0 Å². The van der Waals surface area contributed by atoms with Crippen LogP contribution in [-0.4, -0.2) is 11.5 Å². The molecule has 1 heterocycles. The van der Waals surface area contributed by atoms with Gasteiger partial charge in [0.2, 0.25) is 5.56 Å². The number of hydrogen-bond acceptors (Lipinski definition) is 4. The van der Waals surface area contributed by atoms with Crippen molar-refractivity contribution in [2.24, 2.45) is 5.73 Å². The molecule has 2 aromatic rings. The molecule has 5 nitrogen and oxygen atoms in total. The monoisotopic (exact) mass is 284 g/mol. The Labute approximate surface area is 109 Å². The third kappa shape index (κ3) is 2.40. The van der Waals surface area contributed by atoms with Crippen molar-refractivity contribution in [3.05, 3.63) is 40.2 Å². The minimum absolute atomic E-state index is 0.181. The summed E-state index contributed by atoms with van der Waals surface area (Å²) in [6, 6.07) is 6.85. The van der Waals surface area contributed by atoms with E-state index in [0.29, 0.717) is 17.8 Å². The van der Waals surface area contributed by atoms with Gasteiger partial charge in [0.05, 0.1) is 21.1 Å². The quantitative estimate of drug-likeness (QED) is 0.834. The van der Waals surface area contributed by atoms with E-state index in [4.69, 9.17) is 14.8 Å². The second kappa shape index (κ2) is 5.77. The molecule has 0 aliphatic heterocycles. The predicted octanol–water partition coefficient (Wildman–Crippen LogP) is 1.50. The molecular formula is C11H14N2O3P2. The number of hydrogen-bond donors (Lipinski definition) is 2. The van der Waals surface area contributed by atoms with E-state index in [9.17, 15) is 4.79 Å². The van der Waals surface area contributed by atoms with Crippen molar-refractivity contribution in [1.29, 1.82) is 0 Å². The average molecular weight is 284 g/mol. The topological polar surface area (TPSA) is 77.3 Å². The van der Waals surface area contributed by atoms with E-state index in [1.807, 2.05) is 6.07 Å². The van der Waals surface area contributed by atoms with Gasteiger partial charge in [0.1, 0.15) is 5.75 Å². The minimum atomic E-state index is -0.248. The lowest BCUT2D eigenvalue weighted by Crippen LogP contribution is -2.13. The number of pyridine rings is 1. The average Bonchev–Trinajstić information content (AvgIpc) is 2.39. The first-order valence-electron chi connectivity index (χ1n) is 5.29. The van der Waals surface area contributed by atoms with Gasteiger partial charge in [-0.2, -0.15) is 0 Å². The molecule has 18 heavy (non-hydrogen) atoms. The highest BCUT2D eigenvalue weighted by atomic mass is 31.0. The first-order valence-corrected chi connectivity index (χ1v) is 6.23. The van der Waals surface area contributed by atoms with E-state index in [1.165, 1.54) is 6.07 Å². The first kappa shape index (κ1) is 13.4. The fraction of sp³-hybridized carbons (Fsp3) is 0.182. The molecule has 2 unspecified atom stereocenters. The smallest absolute Gasteiger partial charge is 0.248 e. The van der Waals surface area contributed by atoms with Crippen molar-refractivity contribution in [2.45, 2.75) is 6.10 Å². The number of benzene rings is 1. The van der Waals surface area contributed by atoms with Gasteiger partial charge in [-0.1, -0.05) is 6.07 Å². The zero-order valence-electron chi connectivity index (χ0n) is 9.55. The summed E-state index contributed by atoms with van der Waals surface area (Å²) in [6.07, 6.45) is -0.248. The molecule has 0 aliphatic carbocycles. The molecule has 0 spiro atoms. The zero-order valence-corrected chi connectivity index (χ0v) is 11.9. The van der Waals surface area contributed by atoms with Crippen LogP contribution in [0.15, 0.2) is 29.1 Å². The van der Waals surface area contributed by atoms with E-state index >= 15 is 0 Å². The SMILES string of the molecule is NC[C@H](OP)c1ccc(OP)c2[nH]c(=O)ccc12. The summed E-state index contributed by atoms with van der Waals surface area (Å²) in [7, 11) is 4.37. The number of fused-ring (bicyclic) bond motifs is 1. The molecule has 1 aromatic heterocycles. The molecule has 1 aromatic carbocycles. The largest absolute Gasteiger partial charge is 0.478 e. The van der Waals surface area contributed by atoms with E-state index in [2.05, 4.69) is 23.9 Å². The van der Waals surface area contributed by atoms with Gasteiger partial charge in [-0.05, 0) is 17.7 Å².